The molecule has 1 aromatic heterocycles. The second-order valence-electron chi connectivity index (χ2n) is 9.65. The minimum atomic E-state index is 0.100. The van der Waals surface area contributed by atoms with E-state index < -0.39 is 0 Å². The van der Waals surface area contributed by atoms with Crippen LogP contribution in [-0.4, -0.2) is 71.8 Å². The number of hydrogen-bond donors (Lipinski definition) is 0. The van der Waals surface area contributed by atoms with Crippen molar-refractivity contribution in [2.75, 3.05) is 39.3 Å². The first kappa shape index (κ1) is 20.5. The quantitative estimate of drug-likeness (QED) is 0.738. The van der Waals surface area contributed by atoms with E-state index >= 15 is 0 Å². The lowest BCUT2D eigenvalue weighted by atomic mass is 9.87. The van der Waals surface area contributed by atoms with Crippen LogP contribution < -0.4 is 0 Å². The molecule has 6 heteroatoms. The summed E-state index contributed by atoms with van der Waals surface area (Å²) in [6.07, 6.45) is 11.6. The molecule has 5 rings (SSSR count). The topological polar surface area (TPSA) is 43.9 Å². The van der Waals surface area contributed by atoms with Gasteiger partial charge < -0.3 is 9.80 Å². The number of piperazine rings is 1. The highest BCUT2D eigenvalue weighted by Crippen LogP contribution is 2.34. The van der Waals surface area contributed by atoms with Crippen LogP contribution in [0.5, 0.6) is 0 Å². The van der Waals surface area contributed by atoms with Crippen LogP contribution in [-0.2, 0) is 17.6 Å². The van der Waals surface area contributed by atoms with E-state index in [0.29, 0.717) is 5.91 Å². The van der Waals surface area contributed by atoms with Gasteiger partial charge in [0.25, 0.3) is 5.91 Å². The Morgan fingerprint density at radius 2 is 1.57 bits per heavy atom. The van der Waals surface area contributed by atoms with E-state index in [1.54, 1.807) is 11.3 Å². The number of rotatable bonds is 3. The molecular formula is C24H35N3O2S. The van der Waals surface area contributed by atoms with Crippen molar-refractivity contribution in [1.82, 2.24) is 14.7 Å². The van der Waals surface area contributed by atoms with Crippen molar-refractivity contribution in [3.05, 3.63) is 21.4 Å². The van der Waals surface area contributed by atoms with Crippen LogP contribution in [0.3, 0.4) is 0 Å². The number of aryl methyl sites for hydroxylation is 1. The molecule has 0 radical (unpaired) electrons. The summed E-state index contributed by atoms with van der Waals surface area (Å²) in [7, 11) is 0. The summed E-state index contributed by atoms with van der Waals surface area (Å²) in [5.74, 6) is 0.657. The molecule has 30 heavy (non-hydrogen) atoms. The Balaban J connectivity index is 1.18. The molecule has 2 aliphatic heterocycles. The predicted octanol–water partition coefficient (Wildman–Crippen LogP) is 3.57. The molecule has 3 heterocycles. The van der Waals surface area contributed by atoms with Gasteiger partial charge in [-0.1, -0.05) is 12.8 Å². The molecule has 4 aliphatic rings. The molecule has 0 unspecified atom stereocenters. The van der Waals surface area contributed by atoms with E-state index in [-0.39, 0.29) is 11.8 Å². The maximum absolute atomic E-state index is 13.2. The van der Waals surface area contributed by atoms with Crippen molar-refractivity contribution in [1.29, 1.82) is 0 Å². The number of likely N-dealkylation sites (tertiary alicyclic amines) is 1. The molecule has 0 aromatic carbocycles. The zero-order valence-electron chi connectivity index (χ0n) is 18.1. The number of thiophene rings is 1. The Kier molecular flexibility index (Phi) is 6.15. The van der Waals surface area contributed by atoms with Gasteiger partial charge in [0.1, 0.15) is 0 Å². The number of carbonyl (C=O) groups excluding carboxylic acids is 2. The van der Waals surface area contributed by atoms with E-state index in [4.69, 9.17) is 0 Å². The molecule has 1 saturated carbocycles. The highest BCUT2D eigenvalue weighted by atomic mass is 32.1. The Morgan fingerprint density at radius 3 is 2.30 bits per heavy atom. The van der Waals surface area contributed by atoms with E-state index in [1.165, 1.54) is 42.5 Å². The molecule has 2 amide bonds. The number of carbonyl (C=O) groups is 2. The van der Waals surface area contributed by atoms with Crippen LogP contribution in [0, 0.1) is 5.92 Å². The molecule has 5 nitrogen and oxygen atoms in total. The van der Waals surface area contributed by atoms with Gasteiger partial charge in [0.05, 0.1) is 4.88 Å². The molecule has 2 aliphatic carbocycles. The van der Waals surface area contributed by atoms with Crippen LogP contribution in [0.2, 0.25) is 0 Å². The SMILES string of the molecule is O=C(c1cc2c(s1)CC[C@H](C(=O)N1CCN(C3CCCC3)CC1)C2)N1CCCCC1. The fraction of sp³-hybridized carbons (Fsp3) is 0.750. The van der Waals surface area contributed by atoms with Gasteiger partial charge >= 0.3 is 0 Å². The first-order valence-corrected chi connectivity index (χ1v) is 12.9. The Morgan fingerprint density at radius 1 is 0.833 bits per heavy atom. The zero-order valence-corrected chi connectivity index (χ0v) is 18.9. The molecule has 3 fully saturated rings. The van der Waals surface area contributed by atoms with E-state index in [9.17, 15) is 9.59 Å². The Hall–Kier alpha value is -1.40. The summed E-state index contributed by atoms with van der Waals surface area (Å²) in [5.41, 5.74) is 1.26. The van der Waals surface area contributed by atoms with Crippen molar-refractivity contribution in [2.45, 2.75) is 70.3 Å². The summed E-state index contributed by atoms with van der Waals surface area (Å²) in [6.45, 7) is 5.66. The first-order chi connectivity index (χ1) is 14.7. The molecule has 0 spiro atoms. The molecule has 2 saturated heterocycles. The van der Waals surface area contributed by atoms with Crippen molar-refractivity contribution in [2.24, 2.45) is 5.92 Å². The minimum absolute atomic E-state index is 0.100. The maximum Gasteiger partial charge on any atom is 0.263 e. The fourth-order valence-corrected chi connectivity index (χ4v) is 7.10. The molecule has 164 valence electrons. The van der Waals surface area contributed by atoms with Gasteiger partial charge in [0.2, 0.25) is 5.91 Å². The third-order valence-corrected chi connectivity index (χ3v) is 8.98. The second-order valence-corrected chi connectivity index (χ2v) is 10.8. The summed E-state index contributed by atoms with van der Waals surface area (Å²) in [4.78, 5) is 35.1. The molecule has 1 aromatic rings. The highest BCUT2D eigenvalue weighted by molar-refractivity contribution is 7.14. The fourth-order valence-electron chi connectivity index (χ4n) is 5.93. The average molecular weight is 430 g/mol. The Bertz CT molecular complexity index is 771. The first-order valence-electron chi connectivity index (χ1n) is 12.1. The van der Waals surface area contributed by atoms with Crippen molar-refractivity contribution in [3.8, 4) is 0 Å². The lowest BCUT2D eigenvalue weighted by Crippen LogP contribution is -2.53. The number of hydrogen-bond acceptors (Lipinski definition) is 4. The van der Waals surface area contributed by atoms with Crippen LogP contribution in [0.15, 0.2) is 6.07 Å². The van der Waals surface area contributed by atoms with Crippen LogP contribution in [0.4, 0.5) is 0 Å². The van der Waals surface area contributed by atoms with Crippen molar-refractivity contribution < 1.29 is 9.59 Å². The summed E-state index contributed by atoms with van der Waals surface area (Å²) < 4.78 is 0. The predicted molar refractivity (Wildman–Crippen MR) is 120 cm³/mol. The van der Waals surface area contributed by atoms with Gasteiger partial charge in [0, 0.05) is 56.1 Å². The number of piperidine rings is 1. The molecular weight excluding hydrogens is 394 g/mol. The van der Waals surface area contributed by atoms with E-state index in [0.717, 1.165) is 82.3 Å². The summed E-state index contributed by atoms with van der Waals surface area (Å²) in [6, 6.07) is 2.87. The lowest BCUT2D eigenvalue weighted by Gasteiger charge is -2.39. The largest absolute Gasteiger partial charge is 0.340 e. The number of fused-ring (bicyclic) bond motifs is 1. The zero-order chi connectivity index (χ0) is 20.5. The summed E-state index contributed by atoms with van der Waals surface area (Å²) in [5, 5.41) is 0. The lowest BCUT2D eigenvalue weighted by molar-refractivity contribution is -0.138. The van der Waals surface area contributed by atoms with Gasteiger partial charge in [0.15, 0.2) is 0 Å². The van der Waals surface area contributed by atoms with Gasteiger partial charge in [-0.05, 0) is 63.0 Å². The number of nitrogens with zero attached hydrogens (tertiary/aromatic N) is 3. The molecule has 1 atom stereocenters. The van der Waals surface area contributed by atoms with Gasteiger partial charge in [-0.3, -0.25) is 14.5 Å². The standard InChI is InChI=1S/C24H35N3O2S/c28-23(27-14-12-25(13-15-27)20-6-2-3-7-20)18-8-9-21-19(16-18)17-22(30-21)24(29)26-10-4-1-5-11-26/h17-18,20H,1-16H2/t18-/m0/s1. The smallest absolute Gasteiger partial charge is 0.263 e. The van der Waals surface area contributed by atoms with Gasteiger partial charge in [-0.15, -0.1) is 11.3 Å². The Labute approximate surface area is 184 Å². The third-order valence-electron chi connectivity index (χ3n) is 7.75. The van der Waals surface area contributed by atoms with E-state index in [2.05, 4.69) is 15.9 Å². The van der Waals surface area contributed by atoms with Gasteiger partial charge in [-0.25, -0.2) is 0 Å². The van der Waals surface area contributed by atoms with Gasteiger partial charge in [-0.2, -0.15) is 0 Å². The van der Waals surface area contributed by atoms with E-state index in [1.807, 2.05) is 4.90 Å². The highest BCUT2D eigenvalue weighted by Gasteiger charge is 2.33. The molecule has 0 bridgehead atoms. The minimum Gasteiger partial charge on any atom is -0.340 e. The second kappa shape index (κ2) is 8.99. The number of amides is 2. The summed E-state index contributed by atoms with van der Waals surface area (Å²) >= 11 is 1.68. The normalized spacial score (nSPS) is 26.1. The van der Waals surface area contributed by atoms with Crippen molar-refractivity contribution >= 4 is 23.2 Å². The maximum atomic E-state index is 13.2. The van der Waals surface area contributed by atoms with Crippen LogP contribution in [0.25, 0.3) is 0 Å². The van der Waals surface area contributed by atoms with Crippen LogP contribution >= 0.6 is 11.3 Å². The molecule has 0 N–H and O–H groups in total. The monoisotopic (exact) mass is 429 g/mol. The van der Waals surface area contributed by atoms with Crippen LogP contribution in [0.1, 0.15) is 71.5 Å². The third kappa shape index (κ3) is 4.18. The van der Waals surface area contributed by atoms with Crippen molar-refractivity contribution in [3.63, 3.8) is 0 Å². The average Bonchev–Trinajstić information content (AvgIpc) is 3.48.